The molecule has 2 aromatic heterocycles. The number of fused-ring (bicyclic) bond motifs is 1. The van der Waals surface area contributed by atoms with Crippen molar-refractivity contribution in [1.82, 2.24) is 14.8 Å². The molecule has 1 aliphatic rings. The van der Waals surface area contributed by atoms with Crippen molar-refractivity contribution in [3.05, 3.63) is 71.7 Å². The van der Waals surface area contributed by atoms with Crippen LogP contribution in [0.2, 0.25) is 0 Å². The lowest BCUT2D eigenvalue weighted by atomic mass is 10.0. The van der Waals surface area contributed by atoms with E-state index in [9.17, 15) is 9.18 Å². The third kappa shape index (κ3) is 3.60. The lowest BCUT2D eigenvalue weighted by Crippen LogP contribution is -2.19. The summed E-state index contributed by atoms with van der Waals surface area (Å²) in [4.78, 5) is 20.1. The summed E-state index contributed by atoms with van der Waals surface area (Å²) in [5.41, 5.74) is 4.40. The van der Waals surface area contributed by atoms with Crippen LogP contribution in [0.3, 0.4) is 0 Å². The SMILES string of the molecule is Cc1nn(C)c2nc(-c3ccccc3)cc(C(=O)Nc3ccc(N4CCCC4)c(F)c3)c12. The zero-order valence-corrected chi connectivity index (χ0v) is 18.1. The smallest absolute Gasteiger partial charge is 0.256 e. The number of hydrogen-bond acceptors (Lipinski definition) is 4. The minimum Gasteiger partial charge on any atom is -0.369 e. The number of nitrogens with zero attached hydrogens (tertiary/aromatic N) is 4. The van der Waals surface area contributed by atoms with Crippen LogP contribution in [-0.2, 0) is 7.05 Å². The maximum atomic E-state index is 14.7. The first-order valence-corrected chi connectivity index (χ1v) is 10.8. The van der Waals surface area contributed by atoms with Gasteiger partial charge in [-0.15, -0.1) is 0 Å². The monoisotopic (exact) mass is 429 g/mol. The van der Waals surface area contributed by atoms with Crippen molar-refractivity contribution >= 4 is 28.3 Å². The van der Waals surface area contributed by atoms with Gasteiger partial charge in [0.25, 0.3) is 5.91 Å². The van der Waals surface area contributed by atoms with Crippen LogP contribution in [-0.4, -0.2) is 33.8 Å². The third-order valence-corrected chi connectivity index (χ3v) is 5.94. The van der Waals surface area contributed by atoms with E-state index in [1.165, 1.54) is 6.07 Å². The van der Waals surface area contributed by atoms with E-state index in [1.807, 2.05) is 49.2 Å². The summed E-state index contributed by atoms with van der Waals surface area (Å²) in [6.07, 6.45) is 2.15. The number of carbonyl (C=O) groups is 1. The van der Waals surface area contributed by atoms with Gasteiger partial charge in [-0.25, -0.2) is 9.37 Å². The van der Waals surface area contributed by atoms with Crippen LogP contribution < -0.4 is 10.2 Å². The van der Waals surface area contributed by atoms with E-state index < -0.39 is 0 Å². The molecule has 7 heteroatoms. The number of amides is 1. The molecule has 0 unspecified atom stereocenters. The Hall–Kier alpha value is -3.74. The van der Waals surface area contributed by atoms with Crippen molar-refractivity contribution in [1.29, 1.82) is 0 Å². The van der Waals surface area contributed by atoms with Crippen molar-refractivity contribution in [2.45, 2.75) is 19.8 Å². The highest BCUT2D eigenvalue weighted by Gasteiger charge is 2.21. The number of pyridine rings is 1. The first-order valence-electron chi connectivity index (χ1n) is 10.8. The summed E-state index contributed by atoms with van der Waals surface area (Å²) in [5.74, 6) is -0.647. The van der Waals surface area contributed by atoms with Crippen LogP contribution in [0, 0.1) is 12.7 Å². The Balaban J connectivity index is 1.52. The molecule has 3 heterocycles. The first-order chi connectivity index (χ1) is 15.5. The minimum atomic E-state index is -0.327. The fraction of sp³-hybridized carbons (Fsp3) is 0.240. The summed E-state index contributed by atoms with van der Waals surface area (Å²) in [6, 6.07) is 16.3. The standard InChI is InChI=1S/C25H24FN5O/c1-16-23-19(15-21(17-8-4-3-5-9-17)28-24(23)30(2)29-16)25(32)27-18-10-11-22(20(26)14-18)31-12-6-7-13-31/h3-5,8-11,14-15H,6-7,12-13H2,1-2H3,(H,27,32). The first kappa shape index (κ1) is 20.2. The number of nitrogens with one attached hydrogen (secondary N) is 1. The summed E-state index contributed by atoms with van der Waals surface area (Å²) in [6.45, 7) is 3.58. The molecule has 1 saturated heterocycles. The molecule has 6 nitrogen and oxygen atoms in total. The van der Waals surface area contributed by atoms with E-state index in [0.29, 0.717) is 33.7 Å². The average Bonchev–Trinajstić information content (AvgIpc) is 3.42. The van der Waals surface area contributed by atoms with Crippen LogP contribution in [0.4, 0.5) is 15.8 Å². The lowest BCUT2D eigenvalue weighted by Gasteiger charge is -2.19. The second kappa shape index (κ2) is 8.07. The molecule has 0 radical (unpaired) electrons. The van der Waals surface area contributed by atoms with Crippen molar-refractivity contribution in [2.24, 2.45) is 7.05 Å². The number of aryl methyl sites for hydroxylation is 2. The Morgan fingerprint density at radius 1 is 1.06 bits per heavy atom. The van der Waals surface area contributed by atoms with Crippen molar-refractivity contribution in [3.63, 3.8) is 0 Å². The van der Waals surface area contributed by atoms with Gasteiger partial charge in [0.15, 0.2) is 5.65 Å². The Labute approximate surface area is 185 Å². The Morgan fingerprint density at radius 2 is 1.81 bits per heavy atom. The highest BCUT2D eigenvalue weighted by Crippen LogP contribution is 2.29. The van der Waals surface area contributed by atoms with Gasteiger partial charge in [-0.2, -0.15) is 5.10 Å². The lowest BCUT2D eigenvalue weighted by molar-refractivity contribution is 0.102. The van der Waals surface area contributed by atoms with Crippen molar-refractivity contribution in [3.8, 4) is 11.3 Å². The Kier molecular flexibility index (Phi) is 5.09. The van der Waals surface area contributed by atoms with Crippen molar-refractivity contribution in [2.75, 3.05) is 23.3 Å². The van der Waals surface area contributed by atoms with E-state index in [-0.39, 0.29) is 11.7 Å². The van der Waals surface area contributed by atoms with Crippen LogP contribution in [0.5, 0.6) is 0 Å². The fourth-order valence-corrected chi connectivity index (χ4v) is 4.38. The molecule has 0 saturated carbocycles. The quantitative estimate of drug-likeness (QED) is 0.499. The molecule has 1 N–H and O–H groups in total. The molecule has 0 spiro atoms. The van der Waals surface area contributed by atoms with Gasteiger partial charge in [-0.1, -0.05) is 30.3 Å². The van der Waals surface area contributed by atoms with Gasteiger partial charge < -0.3 is 10.2 Å². The van der Waals surface area contributed by atoms with Gasteiger partial charge in [-0.3, -0.25) is 9.48 Å². The van der Waals surface area contributed by atoms with E-state index >= 15 is 0 Å². The highest BCUT2D eigenvalue weighted by atomic mass is 19.1. The molecule has 5 rings (SSSR count). The highest BCUT2D eigenvalue weighted by molar-refractivity contribution is 6.13. The molecule has 32 heavy (non-hydrogen) atoms. The summed E-state index contributed by atoms with van der Waals surface area (Å²) >= 11 is 0. The number of rotatable bonds is 4. The zero-order chi connectivity index (χ0) is 22.2. The van der Waals surface area contributed by atoms with Gasteiger partial charge in [0, 0.05) is 31.4 Å². The predicted octanol–water partition coefficient (Wildman–Crippen LogP) is 4.94. The number of halogens is 1. The molecule has 0 aliphatic carbocycles. The maximum Gasteiger partial charge on any atom is 0.256 e. The third-order valence-electron chi connectivity index (χ3n) is 5.94. The number of aromatic nitrogens is 3. The van der Waals surface area contributed by atoms with Gasteiger partial charge in [0.1, 0.15) is 5.82 Å². The second-order valence-electron chi connectivity index (χ2n) is 8.14. The molecule has 0 atom stereocenters. The Bertz CT molecular complexity index is 1310. The van der Waals surface area contributed by atoms with Crippen LogP contribution >= 0.6 is 0 Å². The minimum absolute atomic E-state index is 0.320. The summed E-state index contributed by atoms with van der Waals surface area (Å²) in [5, 5.41) is 8.01. The van der Waals surface area contributed by atoms with Crippen LogP contribution in [0.15, 0.2) is 54.6 Å². The molecular weight excluding hydrogens is 405 g/mol. The molecule has 2 aromatic carbocycles. The largest absolute Gasteiger partial charge is 0.369 e. The number of carbonyl (C=O) groups excluding carboxylic acids is 1. The maximum absolute atomic E-state index is 14.7. The molecule has 1 aliphatic heterocycles. The summed E-state index contributed by atoms with van der Waals surface area (Å²) < 4.78 is 16.4. The van der Waals surface area contributed by atoms with Crippen LogP contribution in [0.1, 0.15) is 28.9 Å². The van der Waals surface area contributed by atoms with E-state index in [0.717, 1.165) is 37.2 Å². The molecule has 162 valence electrons. The van der Waals surface area contributed by atoms with Crippen molar-refractivity contribution < 1.29 is 9.18 Å². The molecular formula is C25H24FN5O. The normalized spacial score (nSPS) is 13.7. The van der Waals surface area contributed by atoms with E-state index in [4.69, 9.17) is 4.98 Å². The number of hydrogen-bond donors (Lipinski definition) is 1. The molecule has 0 bridgehead atoms. The Morgan fingerprint density at radius 3 is 2.53 bits per heavy atom. The molecule has 1 amide bonds. The second-order valence-corrected chi connectivity index (χ2v) is 8.14. The van der Waals surface area contributed by atoms with E-state index in [2.05, 4.69) is 10.4 Å². The summed E-state index contributed by atoms with van der Waals surface area (Å²) in [7, 11) is 1.81. The number of benzene rings is 2. The molecule has 4 aromatic rings. The van der Waals surface area contributed by atoms with Crippen LogP contribution in [0.25, 0.3) is 22.3 Å². The topological polar surface area (TPSA) is 63.1 Å². The van der Waals surface area contributed by atoms with Gasteiger partial charge in [0.05, 0.1) is 28.0 Å². The average molecular weight is 429 g/mol. The molecule has 1 fully saturated rings. The van der Waals surface area contributed by atoms with Gasteiger partial charge in [0.2, 0.25) is 0 Å². The van der Waals surface area contributed by atoms with E-state index in [1.54, 1.807) is 22.9 Å². The van der Waals surface area contributed by atoms with Gasteiger partial charge in [-0.05, 0) is 44.0 Å². The predicted molar refractivity (Wildman–Crippen MR) is 124 cm³/mol. The van der Waals surface area contributed by atoms with Gasteiger partial charge >= 0.3 is 0 Å². The zero-order valence-electron chi connectivity index (χ0n) is 18.1. The number of anilines is 2. The fourth-order valence-electron chi connectivity index (χ4n) is 4.38.